The molecule has 3 rings (SSSR count). The van der Waals surface area contributed by atoms with Crippen LogP contribution < -0.4 is 0 Å². The Morgan fingerprint density at radius 1 is 1.35 bits per heavy atom. The first kappa shape index (κ1) is 10.6. The first-order chi connectivity index (χ1) is 8.31. The van der Waals surface area contributed by atoms with Gasteiger partial charge in [0, 0.05) is 23.1 Å². The fourth-order valence-electron chi connectivity index (χ4n) is 2.47. The lowest BCUT2D eigenvalue weighted by Gasteiger charge is -2.08. The number of aryl methyl sites for hydroxylation is 1. The van der Waals surface area contributed by atoms with Crippen LogP contribution in [0.4, 0.5) is 0 Å². The van der Waals surface area contributed by atoms with E-state index in [1.54, 1.807) is 0 Å². The van der Waals surface area contributed by atoms with Crippen molar-refractivity contribution in [1.29, 1.82) is 0 Å². The number of rotatable bonds is 4. The quantitative estimate of drug-likeness (QED) is 0.732. The molecule has 0 amide bonds. The molecule has 1 aromatic heterocycles. The van der Waals surface area contributed by atoms with Gasteiger partial charge in [0.2, 0.25) is 0 Å². The largest absolute Gasteiger partial charge is 0.341 e. The number of hydrogen-bond donors (Lipinski definition) is 0. The van der Waals surface area contributed by atoms with E-state index in [1.165, 1.54) is 35.0 Å². The predicted molar refractivity (Wildman–Crippen MR) is 74.1 cm³/mol. The summed E-state index contributed by atoms with van der Waals surface area (Å²) in [4.78, 5) is 0. The summed E-state index contributed by atoms with van der Waals surface area (Å²) in [5, 5.41) is 1.35. The Kier molecular flexibility index (Phi) is 2.54. The van der Waals surface area contributed by atoms with E-state index in [4.69, 9.17) is 0 Å². The van der Waals surface area contributed by atoms with Crippen molar-refractivity contribution in [1.82, 2.24) is 4.57 Å². The molecule has 0 bridgehead atoms. The van der Waals surface area contributed by atoms with E-state index in [0.717, 1.165) is 18.9 Å². The van der Waals surface area contributed by atoms with Gasteiger partial charge in [0.15, 0.2) is 0 Å². The third-order valence-corrected chi connectivity index (χ3v) is 3.76. The maximum Gasteiger partial charge on any atom is 0.0487 e. The average Bonchev–Trinajstić information content (AvgIpc) is 3.11. The van der Waals surface area contributed by atoms with Gasteiger partial charge in [-0.3, -0.25) is 0 Å². The van der Waals surface area contributed by atoms with Gasteiger partial charge in [-0.1, -0.05) is 25.6 Å². The SMILES string of the molecule is C=Cc1cc2ccc(CC)cc2n1CC1CC1. The summed E-state index contributed by atoms with van der Waals surface area (Å²) in [6.07, 6.45) is 5.87. The number of fused-ring (bicyclic) bond motifs is 1. The van der Waals surface area contributed by atoms with Crippen LogP contribution in [0.2, 0.25) is 0 Å². The van der Waals surface area contributed by atoms with E-state index in [0.29, 0.717) is 0 Å². The van der Waals surface area contributed by atoms with Crippen LogP contribution in [-0.2, 0) is 13.0 Å². The van der Waals surface area contributed by atoms with Crippen LogP contribution in [-0.4, -0.2) is 4.57 Å². The summed E-state index contributed by atoms with van der Waals surface area (Å²) < 4.78 is 2.44. The Morgan fingerprint density at radius 2 is 2.18 bits per heavy atom. The molecule has 1 nitrogen and oxygen atoms in total. The molecule has 0 spiro atoms. The highest BCUT2D eigenvalue weighted by Gasteiger charge is 2.23. The van der Waals surface area contributed by atoms with Gasteiger partial charge in [0.05, 0.1) is 0 Å². The Hall–Kier alpha value is -1.50. The lowest BCUT2D eigenvalue weighted by molar-refractivity contribution is 0.643. The summed E-state index contributed by atoms with van der Waals surface area (Å²) in [5.41, 5.74) is 4.06. The van der Waals surface area contributed by atoms with E-state index in [9.17, 15) is 0 Å². The van der Waals surface area contributed by atoms with Crippen molar-refractivity contribution in [2.24, 2.45) is 5.92 Å². The Balaban J connectivity index is 2.15. The van der Waals surface area contributed by atoms with Gasteiger partial charge in [0.25, 0.3) is 0 Å². The third-order valence-electron chi connectivity index (χ3n) is 3.76. The van der Waals surface area contributed by atoms with E-state index in [2.05, 4.69) is 42.3 Å². The smallest absolute Gasteiger partial charge is 0.0487 e. The minimum absolute atomic E-state index is 0.898. The molecule has 2 aromatic rings. The first-order valence-corrected chi connectivity index (χ1v) is 6.56. The van der Waals surface area contributed by atoms with Gasteiger partial charge in [-0.25, -0.2) is 0 Å². The molecule has 1 aromatic carbocycles. The molecular weight excluding hydrogens is 206 g/mol. The summed E-state index contributed by atoms with van der Waals surface area (Å²) in [7, 11) is 0. The fraction of sp³-hybridized carbons (Fsp3) is 0.375. The highest BCUT2D eigenvalue weighted by Crippen LogP contribution is 2.33. The number of nitrogens with zero attached hydrogens (tertiary/aromatic N) is 1. The molecule has 1 saturated carbocycles. The van der Waals surface area contributed by atoms with Crippen LogP contribution in [0, 0.1) is 5.92 Å². The molecule has 17 heavy (non-hydrogen) atoms. The van der Waals surface area contributed by atoms with Gasteiger partial charge in [-0.15, -0.1) is 0 Å². The fourth-order valence-corrected chi connectivity index (χ4v) is 2.47. The van der Waals surface area contributed by atoms with Crippen LogP contribution in [0.1, 0.15) is 31.0 Å². The highest BCUT2D eigenvalue weighted by atomic mass is 15.0. The Morgan fingerprint density at radius 3 is 2.82 bits per heavy atom. The zero-order chi connectivity index (χ0) is 11.8. The number of hydrogen-bond acceptors (Lipinski definition) is 0. The summed E-state index contributed by atoms with van der Waals surface area (Å²) in [5.74, 6) is 0.898. The standard InChI is InChI=1S/C16H19N/c1-3-12-7-8-14-10-15(4-2)17(16(14)9-12)11-13-5-6-13/h4,7-10,13H,2-3,5-6,11H2,1H3. The number of benzene rings is 1. The zero-order valence-corrected chi connectivity index (χ0v) is 10.4. The molecule has 1 aliphatic carbocycles. The third kappa shape index (κ3) is 1.90. The van der Waals surface area contributed by atoms with Crippen LogP contribution in [0.15, 0.2) is 30.8 Å². The number of aromatic nitrogens is 1. The normalized spacial score (nSPS) is 15.4. The van der Waals surface area contributed by atoms with Gasteiger partial charge in [0.1, 0.15) is 0 Å². The van der Waals surface area contributed by atoms with Crippen LogP contribution in [0.3, 0.4) is 0 Å². The molecule has 0 N–H and O–H groups in total. The minimum Gasteiger partial charge on any atom is -0.341 e. The Labute approximate surface area is 103 Å². The predicted octanol–water partition coefficient (Wildman–Crippen LogP) is 4.26. The minimum atomic E-state index is 0.898. The molecule has 88 valence electrons. The van der Waals surface area contributed by atoms with E-state index < -0.39 is 0 Å². The molecular formula is C16H19N. The van der Waals surface area contributed by atoms with Gasteiger partial charge in [-0.2, -0.15) is 0 Å². The molecule has 1 aliphatic rings. The van der Waals surface area contributed by atoms with Crippen molar-refractivity contribution in [3.63, 3.8) is 0 Å². The summed E-state index contributed by atoms with van der Waals surface area (Å²) in [6, 6.07) is 9.07. The Bertz CT molecular complexity index is 558. The monoisotopic (exact) mass is 225 g/mol. The van der Waals surface area contributed by atoms with E-state index in [-0.39, 0.29) is 0 Å². The molecule has 1 fully saturated rings. The average molecular weight is 225 g/mol. The summed E-state index contributed by atoms with van der Waals surface area (Å²) in [6.45, 7) is 7.31. The molecule has 0 radical (unpaired) electrons. The van der Waals surface area contributed by atoms with Crippen molar-refractivity contribution in [3.05, 3.63) is 42.1 Å². The second-order valence-electron chi connectivity index (χ2n) is 5.07. The molecule has 0 atom stereocenters. The zero-order valence-electron chi connectivity index (χ0n) is 10.4. The molecule has 0 saturated heterocycles. The van der Waals surface area contributed by atoms with Crippen molar-refractivity contribution in [3.8, 4) is 0 Å². The lowest BCUT2D eigenvalue weighted by Crippen LogP contribution is -2.01. The van der Waals surface area contributed by atoms with Crippen LogP contribution in [0.5, 0.6) is 0 Å². The lowest BCUT2D eigenvalue weighted by atomic mass is 10.1. The summed E-state index contributed by atoms with van der Waals surface area (Å²) >= 11 is 0. The van der Waals surface area contributed by atoms with Crippen molar-refractivity contribution < 1.29 is 0 Å². The van der Waals surface area contributed by atoms with Crippen molar-refractivity contribution in [2.45, 2.75) is 32.7 Å². The molecule has 0 aliphatic heterocycles. The topological polar surface area (TPSA) is 4.93 Å². The second-order valence-corrected chi connectivity index (χ2v) is 5.07. The highest BCUT2D eigenvalue weighted by molar-refractivity contribution is 5.84. The van der Waals surface area contributed by atoms with Crippen molar-refractivity contribution >= 4 is 17.0 Å². The van der Waals surface area contributed by atoms with Gasteiger partial charge >= 0.3 is 0 Å². The van der Waals surface area contributed by atoms with Gasteiger partial charge < -0.3 is 4.57 Å². The van der Waals surface area contributed by atoms with Gasteiger partial charge in [-0.05, 0) is 49.0 Å². The molecule has 0 unspecified atom stereocenters. The molecule has 1 heterocycles. The maximum atomic E-state index is 3.94. The molecule has 1 heteroatoms. The van der Waals surface area contributed by atoms with E-state index >= 15 is 0 Å². The van der Waals surface area contributed by atoms with E-state index in [1.807, 2.05) is 6.08 Å². The van der Waals surface area contributed by atoms with Crippen molar-refractivity contribution in [2.75, 3.05) is 0 Å². The second kappa shape index (κ2) is 4.06. The maximum absolute atomic E-state index is 3.94. The first-order valence-electron chi connectivity index (χ1n) is 6.56. The van der Waals surface area contributed by atoms with Crippen LogP contribution in [0.25, 0.3) is 17.0 Å². The van der Waals surface area contributed by atoms with Crippen LogP contribution >= 0.6 is 0 Å².